The Labute approximate surface area is 219 Å². The number of imide groups is 1. The number of hydrogen-bond acceptors (Lipinski definition) is 6. The highest BCUT2D eigenvalue weighted by Crippen LogP contribution is 2.39. The summed E-state index contributed by atoms with van der Waals surface area (Å²) in [6.45, 7) is 7.09. The van der Waals surface area contributed by atoms with Gasteiger partial charge in [0.2, 0.25) is 0 Å². The Hall–Kier alpha value is -2.75. The molecule has 3 heterocycles. The van der Waals surface area contributed by atoms with E-state index in [4.69, 9.17) is 0 Å². The van der Waals surface area contributed by atoms with E-state index in [1.54, 1.807) is 17.0 Å². The molecule has 0 aliphatic carbocycles. The summed E-state index contributed by atoms with van der Waals surface area (Å²) in [5, 5.41) is 3.56. The van der Waals surface area contributed by atoms with Crippen molar-refractivity contribution in [3.63, 3.8) is 0 Å². The number of hydrogen-bond donors (Lipinski definition) is 1. The highest BCUT2D eigenvalue weighted by molar-refractivity contribution is 7.90. The molecule has 9 heteroatoms. The van der Waals surface area contributed by atoms with Gasteiger partial charge in [-0.3, -0.25) is 9.69 Å². The van der Waals surface area contributed by atoms with E-state index in [-0.39, 0.29) is 23.4 Å². The summed E-state index contributed by atoms with van der Waals surface area (Å²) in [5.41, 5.74) is 1.32. The highest BCUT2D eigenvalue weighted by atomic mass is 32.2. The average molecular weight is 525 g/mol. The molecular formula is C28H36N4O4S. The normalized spacial score (nSPS) is 24.4. The molecule has 1 spiro atoms. The van der Waals surface area contributed by atoms with Crippen LogP contribution in [0.25, 0.3) is 0 Å². The van der Waals surface area contributed by atoms with Gasteiger partial charge in [0.15, 0.2) is 9.84 Å². The first-order valence-corrected chi connectivity index (χ1v) is 15.0. The van der Waals surface area contributed by atoms with Crippen LogP contribution in [-0.2, 0) is 21.2 Å². The molecule has 2 unspecified atom stereocenters. The summed E-state index contributed by atoms with van der Waals surface area (Å²) in [6, 6.07) is 16.8. The summed E-state index contributed by atoms with van der Waals surface area (Å²) in [5.74, 6) is 0.880. The van der Waals surface area contributed by atoms with Crippen molar-refractivity contribution >= 4 is 21.8 Å². The van der Waals surface area contributed by atoms with Gasteiger partial charge in [0.1, 0.15) is 5.54 Å². The second kappa shape index (κ2) is 10.2. The van der Waals surface area contributed by atoms with Crippen LogP contribution in [0.2, 0.25) is 0 Å². The van der Waals surface area contributed by atoms with Crippen molar-refractivity contribution in [3.8, 4) is 0 Å². The first kappa shape index (κ1) is 25.9. The van der Waals surface area contributed by atoms with E-state index in [0.717, 1.165) is 44.5 Å². The third-order valence-electron chi connectivity index (χ3n) is 8.37. The fourth-order valence-corrected chi connectivity index (χ4v) is 6.95. The Morgan fingerprint density at radius 3 is 2.27 bits per heavy atom. The molecule has 2 atom stereocenters. The monoisotopic (exact) mass is 524 g/mol. The van der Waals surface area contributed by atoms with Crippen LogP contribution in [-0.4, -0.2) is 86.1 Å². The van der Waals surface area contributed by atoms with Gasteiger partial charge in [-0.05, 0) is 55.5 Å². The fourth-order valence-electron chi connectivity index (χ4n) is 6.32. The first-order valence-electron chi connectivity index (χ1n) is 13.1. The second-order valence-electron chi connectivity index (χ2n) is 10.6. The van der Waals surface area contributed by atoms with Crippen molar-refractivity contribution in [1.82, 2.24) is 20.0 Å². The van der Waals surface area contributed by atoms with Gasteiger partial charge in [0.25, 0.3) is 5.91 Å². The molecule has 0 radical (unpaired) electrons. The van der Waals surface area contributed by atoms with E-state index in [1.165, 1.54) is 22.6 Å². The molecule has 1 N–H and O–H groups in total. The summed E-state index contributed by atoms with van der Waals surface area (Å²) in [7, 11) is -3.30. The Balaban J connectivity index is 1.26. The maximum Gasteiger partial charge on any atom is 0.327 e. The first-order chi connectivity index (χ1) is 17.7. The predicted molar refractivity (Wildman–Crippen MR) is 142 cm³/mol. The number of urea groups is 1. The van der Waals surface area contributed by atoms with Gasteiger partial charge in [-0.25, -0.2) is 13.2 Å². The minimum absolute atomic E-state index is 0.129. The Bertz CT molecular complexity index is 1240. The average Bonchev–Trinajstić information content (AvgIpc) is 3.43. The maximum absolute atomic E-state index is 13.7. The molecule has 0 bridgehead atoms. The van der Waals surface area contributed by atoms with Crippen LogP contribution >= 0.6 is 0 Å². The van der Waals surface area contributed by atoms with E-state index in [2.05, 4.69) is 40.5 Å². The topological polar surface area (TPSA) is 90.0 Å². The molecule has 3 aliphatic heterocycles. The fraction of sp³-hybridized carbons (Fsp3) is 0.500. The molecule has 37 heavy (non-hydrogen) atoms. The molecule has 2 aromatic rings. The van der Waals surface area contributed by atoms with Crippen LogP contribution in [0.5, 0.6) is 0 Å². The van der Waals surface area contributed by atoms with Gasteiger partial charge in [0, 0.05) is 44.9 Å². The van der Waals surface area contributed by atoms with E-state index in [1.807, 2.05) is 6.92 Å². The molecule has 2 aromatic carbocycles. The molecule has 3 aliphatic rings. The molecule has 3 saturated heterocycles. The molecule has 3 amide bonds. The quantitative estimate of drug-likeness (QED) is 0.561. The van der Waals surface area contributed by atoms with Crippen molar-refractivity contribution in [3.05, 3.63) is 65.7 Å². The van der Waals surface area contributed by atoms with Crippen LogP contribution in [0.1, 0.15) is 36.8 Å². The smallest absolute Gasteiger partial charge is 0.316 e. The molecule has 8 nitrogen and oxygen atoms in total. The number of piperidine rings is 1. The van der Waals surface area contributed by atoms with Crippen molar-refractivity contribution in [1.29, 1.82) is 0 Å². The Morgan fingerprint density at radius 2 is 1.65 bits per heavy atom. The zero-order chi connectivity index (χ0) is 26.2. The zero-order valence-electron chi connectivity index (χ0n) is 21.6. The van der Waals surface area contributed by atoms with Gasteiger partial charge in [0.05, 0.1) is 11.4 Å². The lowest BCUT2D eigenvalue weighted by Crippen LogP contribution is -2.57. The molecule has 0 saturated carbocycles. The van der Waals surface area contributed by atoms with E-state index in [0.29, 0.717) is 31.2 Å². The zero-order valence-corrected chi connectivity index (χ0v) is 22.4. The minimum Gasteiger partial charge on any atom is -0.316 e. The highest BCUT2D eigenvalue weighted by Gasteiger charge is 2.57. The lowest BCUT2D eigenvalue weighted by molar-refractivity contribution is -0.136. The maximum atomic E-state index is 13.7. The summed E-state index contributed by atoms with van der Waals surface area (Å²) in [4.78, 5) is 32.8. The van der Waals surface area contributed by atoms with Crippen molar-refractivity contribution in [2.45, 2.75) is 42.7 Å². The number of benzene rings is 2. The summed E-state index contributed by atoms with van der Waals surface area (Å²) < 4.78 is 23.5. The predicted octanol–water partition coefficient (Wildman–Crippen LogP) is 2.71. The molecule has 5 rings (SSSR count). The standard InChI is InChI=1S/C28H36N4O4S/c1-3-32-27(34)31(19-21-9-11-24(12-10-21)37(2,35)36)26(33)28(32)13-15-30(16-14-28)20-23-17-29-18-25(23)22-7-5-4-6-8-22/h4-12,23,25,29H,3,13-20H2,1-2H3. The van der Waals surface area contributed by atoms with Crippen molar-refractivity contribution in [2.75, 3.05) is 45.5 Å². The van der Waals surface area contributed by atoms with Gasteiger partial charge in [-0.15, -0.1) is 0 Å². The SMILES string of the molecule is CCN1C(=O)N(Cc2ccc(S(C)(=O)=O)cc2)C(=O)C12CCN(CC1CNCC1c1ccccc1)CC2. The van der Waals surface area contributed by atoms with Crippen molar-refractivity contribution < 1.29 is 18.0 Å². The van der Waals surface area contributed by atoms with Crippen molar-refractivity contribution in [2.24, 2.45) is 5.92 Å². The summed E-state index contributed by atoms with van der Waals surface area (Å²) in [6.07, 6.45) is 2.42. The number of carbonyl (C=O) groups excluding carboxylic acids is 2. The molecule has 198 valence electrons. The number of rotatable bonds is 7. The van der Waals surface area contributed by atoms with Crippen LogP contribution in [0.4, 0.5) is 4.79 Å². The van der Waals surface area contributed by atoms with Gasteiger partial charge in [-0.1, -0.05) is 42.5 Å². The number of likely N-dealkylation sites (tertiary alicyclic amines) is 1. The van der Waals surface area contributed by atoms with E-state index >= 15 is 0 Å². The van der Waals surface area contributed by atoms with Gasteiger partial charge in [-0.2, -0.15) is 0 Å². The Kier molecular flexibility index (Phi) is 7.13. The number of nitrogens with zero attached hydrogens (tertiary/aromatic N) is 3. The van der Waals surface area contributed by atoms with Gasteiger partial charge >= 0.3 is 6.03 Å². The largest absolute Gasteiger partial charge is 0.327 e. The lowest BCUT2D eigenvalue weighted by Gasteiger charge is -2.42. The number of carbonyl (C=O) groups is 2. The molecule has 3 fully saturated rings. The van der Waals surface area contributed by atoms with Crippen LogP contribution < -0.4 is 5.32 Å². The number of amides is 3. The number of sulfone groups is 1. The summed E-state index contributed by atoms with van der Waals surface area (Å²) >= 11 is 0. The number of likely N-dealkylation sites (N-methyl/N-ethyl adjacent to an activating group) is 1. The van der Waals surface area contributed by atoms with Crippen LogP contribution in [0.3, 0.4) is 0 Å². The van der Waals surface area contributed by atoms with E-state index < -0.39 is 15.4 Å². The third-order valence-corrected chi connectivity index (χ3v) is 9.50. The van der Waals surface area contributed by atoms with E-state index in [9.17, 15) is 18.0 Å². The molecular weight excluding hydrogens is 488 g/mol. The molecule has 0 aromatic heterocycles. The number of nitrogens with one attached hydrogen (secondary N) is 1. The Morgan fingerprint density at radius 1 is 0.973 bits per heavy atom. The van der Waals surface area contributed by atoms with Gasteiger partial charge < -0.3 is 15.1 Å². The van der Waals surface area contributed by atoms with Crippen LogP contribution in [0, 0.1) is 5.92 Å². The lowest BCUT2D eigenvalue weighted by atomic mass is 9.84. The third kappa shape index (κ3) is 4.92. The van der Waals surface area contributed by atoms with Crippen LogP contribution in [0.15, 0.2) is 59.5 Å². The minimum atomic E-state index is -3.30. The second-order valence-corrected chi connectivity index (χ2v) is 12.6.